The molecule has 0 spiro atoms. The van der Waals surface area contributed by atoms with Gasteiger partial charge in [-0.05, 0) is 19.0 Å². The summed E-state index contributed by atoms with van der Waals surface area (Å²) in [7, 11) is 1.71. The standard InChI is InChI=1S/C15H21N3O/c1-3-8-16-13(11-15-17-9-10-18-15)12-6-4-5-7-14(12)19-2/h4-7,9-10,13,16H,3,8,11H2,1-2H3,(H,17,18). The zero-order chi connectivity index (χ0) is 13.5. The molecule has 0 aliphatic carbocycles. The van der Waals surface area contributed by atoms with E-state index in [0.29, 0.717) is 0 Å². The molecule has 0 aliphatic rings. The number of nitrogens with one attached hydrogen (secondary N) is 2. The number of benzene rings is 1. The summed E-state index contributed by atoms with van der Waals surface area (Å²) >= 11 is 0. The van der Waals surface area contributed by atoms with Gasteiger partial charge < -0.3 is 15.0 Å². The van der Waals surface area contributed by atoms with Crippen LogP contribution in [0.25, 0.3) is 0 Å². The van der Waals surface area contributed by atoms with Crippen LogP contribution >= 0.6 is 0 Å². The molecule has 4 nitrogen and oxygen atoms in total. The molecule has 1 heterocycles. The molecule has 0 amide bonds. The lowest BCUT2D eigenvalue weighted by Crippen LogP contribution is -2.25. The molecule has 1 aromatic carbocycles. The second-order valence-corrected chi connectivity index (χ2v) is 4.49. The van der Waals surface area contributed by atoms with Gasteiger partial charge in [-0.15, -0.1) is 0 Å². The van der Waals surface area contributed by atoms with Crippen LogP contribution in [-0.2, 0) is 6.42 Å². The van der Waals surface area contributed by atoms with Crippen LogP contribution in [0, 0.1) is 0 Å². The molecular weight excluding hydrogens is 238 g/mol. The summed E-state index contributed by atoms with van der Waals surface area (Å²) in [6.07, 6.45) is 5.57. The molecule has 0 radical (unpaired) electrons. The van der Waals surface area contributed by atoms with E-state index in [1.165, 1.54) is 5.56 Å². The summed E-state index contributed by atoms with van der Waals surface area (Å²) in [4.78, 5) is 7.47. The number of aromatic amines is 1. The van der Waals surface area contributed by atoms with Crippen LogP contribution in [0.1, 0.15) is 30.8 Å². The van der Waals surface area contributed by atoms with Gasteiger partial charge in [0, 0.05) is 30.4 Å². The zero-order valence-electron chi connectivity index (χ0n) is 11.5. The lowest BCUT2D eigenvalue weighted by molar-refractivity contribution is 0.397. The topological polar surface area (TPSA) is 49.9 Å². The highest BCUT2D eigenvalue weighted by Crippen LogP contribution is 2.26. The Morgan fingerprint density at radius 3 is 2.89 bits per heavy atom. The van der Waals surface area contributed by atoms with Gasteiger partial charge in [0.1, 0.15) is 11.6 Å². The molecule has 1 aromatic heterocycles. The van der Waals surface area contributed by atoms with Gasteiger partial charge in [-0.2, -0.15) is 0 Å². The molecule has 0 fully saturated rings. The van der Waals surface area contributed by atoms with E-state index in [2.05, 4.69) is 28.3 Å². The molecule has 4 heteroatoms. The van der Waals surface area contributed by atoms with Gasteiger partial charge in [-0.3, -0.25) is 0 Å². The summed E-state index contributed by atoms with van der Waals surface area (Å²) < 4.78 is 5.45. The van der Waals surface area contributed by atoms with Crippen molar-refractivity contribution in [3.63, 3.8) is 0 Å². The van der Waals surface area contributed by atoms with Gasteiger partial charge >= 0.3 is 0 Å². The molecule has 102 valence electrons. The minimum absolute atomic E-state index is 0.210. The molecular formula is C15H21N3O. The highest BCUT2D eigenvalue weighted by molar-refractivity contribution is 5.36. The van der Waals surface area contributed by atoms with Crippen molar-refractivity contribution >= 4 is 0 Å². The summed E-state index contributed by atoms with van der Waals surface area (Å²) in [6, 6.07) is 8.35. The van der Waals surface area contributed by atoms with Crippen molar-refractivity contribution in [2.45, 2.75) is 25.8 Å². The maximum Gasteiger partial charge on any atom is 0.123 e. The van der Waals surface area contributed by atoms with Crippen molar-refractivity contribution in [3.8, 4) is 5.75 Å². The maximum absolute atomic E-state index is 5.45. The Balaban J connectivity index is 2.20. The lowest BCUT2D eigenvalue weighted by Gasteiger charge is -2.20. The van der Waals surface area contributed by atoms with E-state index in [4.69, 9.17) is 4.74 Å². The Morgan fingerprint density at radius 1 is 1.37 bits per heavy atom. The number of nitrogens with zero attached hydrogens (tertiary/aromatic N) is 1. The fourth-order valence-electron chi connectivity index (χ4n) is 2.17. The van der Waals surface area contributed by atoms with Crippen LogP contribution in [0.5, 0.6) is 5.75 Å². The number of para-hydroxylation sites is 1. The first-order valence-corrected chi connectivity index (χ1v) is 6.69. The molecule has 19 heavy (non-hydrogen) atoms. The van der Waals surface area contributed by atoms with Crippen LogP contribution in [0.3, 0.4) is 0 Å². The first-order chi connectivity index (χ1) is 9.35. The van der Waals surface area contributed by atoms with E-state index in [9.17, 15) is 0 Å². The van der Waals surface area contributed by atoms with E-state index in [0.717, 1.165) is 31.0 Å². The molecule has 2 N–H and O–H groups in total. The van der Waals surface area contributed by atoms with Gasteiger partial charge in [0.25, 0.3) is 0 Å². The third kappa shape index (κ3) is 3.58. The van der Waals surface area contributed by atoms with E-state index in [1.807, 2.05) is 24.4 Å². The normalized spacial score (nSPS) is 12.3. The Hall–Kier alpha value is -1.81. The van der Waals surface area contributed by atoms with Crippen molar-refractivity contribution in [1.82, 2.24) is 15.3 Å². The quantitative estimate of drug-likeness (QED) is 0.803. The van der Waals surface area contributed by atoms with E-state index >= 15 is 0 Å². The largest absolute Gasteiger partial charge is 0.496 e. The van der Waals surface area contributed by atoms with Gasteiger partial charge in [-0.1, -0.05) is 25.1 Å². The maximum atomic E-state index is 5.45. The molecule has 2 rings (SSSR count). The van der Waals surface area contributed by atoms with Crippen molar-refractivity contribution in [3.05, 3.63) is 48.0 Å². The summed E-state index contributed by atoms with van der Waals surface area (Å²) in [6.45, 7) is 3.14. The fourth-order valence-corrected chi connectivity index (χ4v) is 2.17. The average Bonchev–Trinajstić information content (AvgIpc) is 2.96. The van der Waals surface area contributed by atoms with E-state index in [-0.39, 0.29) is 6.04 Å². The average molecular weight is 259 g/mol. The second kappa shape index (κ2) is 6.95. The summed E-state index contributed by atoms with van der Waals surface area (Å²) in [5.41, 5.74) is 1.18. The Morgan fingerprint density at radius 2 is 2.21 bits per heavy atom. The molecule has 0 bridgehead atoms. The molecule has 1 atom stereocenters. The first-order valence-electron chi connectivity index (χ1n) is 6.69. The Labute approximate surface area is 114 Å². The van der Waals surface area contributed by atoms with Gasteiger partial charge in [0.2, 0.25) is 0 Å². The third-order valence-corrected chi connectivity index (χ3v) is 3.11. The number of methoxy groups -OCH3 is 1. The fraction of sp³-hybridized carbons (Fsp3) is 0.400. The number of ether oxygens (including phenoxy) is 1. The van der Waals surface area contributed by atoms with Gasteiger partial charge in [0.05, 0.1) is 7.11 Å². The van der Waals surface area contributed by atoms with Crippen LogP contribution in [0.2, 0.25) is 0 Å². The molecule has 0 saturated carbocycles. The predicted octanol–water partition coefficient (Wildman–Crippen LogP) is 2.70. The Bertz CT molecular complexity index is 482. The number of hydrogen-bond donors (Lipinski definition) is 2. The van der Waals surface area contributed by atoms with Crippen molar-refractivity contribution in [1.29, 1.82) is 0 Å². The number of imidazole rings is 1. The summed E-state index contributed by atoms with van der Waals surface area (Å²) in [5.74, 6) is 1.90. The minimum Gasteiger partial charge on any atom is -0.496 e. The first kappa shape index (κ1) is 13.6. The molecule has 0 aliphatic heterocycles. The highest BCUT2D eigenvalue weighted by Gasteiger charge is 2.16. The van der Waals surface area contributed by atoms with Crippen molar-refractivity contribution < 1.29 is 4.74 Å². The zero-order valence-corrected chi connectivity index (χ0v) is 11.5. The smallest absolute Gasteiger partial charge is 0.123 e. The lowest BCUT2D eigenvalue weighted by atomic mass is 10.0. The monoisotopic (exact) mass is 259 g/mol. The highest BCUT2D eigenvalue weighted by atomic mass is 16.5. The van der Waals surface area contributed by atoms with Gasteiger partial charge in [-0.25, -0.2) is 4.98 Å². The number of aromatic nitrogens is 2. The SMILES string of the molecule is CCCNC(Cc1ncc[nH]1)c1ccccc1OC. The second-order valence-electron chi connectivity index (χ2n) is 4.49. The van der Waals surface area contributed by atoms with Gasteiger partial charge in [0.15, 0.2) is 0 Å². The predicted molar refractivity (Wildman–Crippen MR) is 76.3 cm³/mol. The van der Waals surface area contributed by atoms with E-state index in [1.54, 1.807) is 13.3 Å². The number of H-pyrrole nitrogens is 1. The summed E-state index contributed by atoms with van der Waals surface area (Å²) in [5, 5.41) is 3.56. The minimum atomic E-state index is 0.210. The molecule has 0 saturated heterocycles. The number of rotatable bonds is 7. The number of hydrogen-bond acceptors (Lipinski definition) is 3. The van der Waals surface area contributed by atoms with Crippen LogP contribution in [0.4, 0.5) is 0 Å². The van der Waals surface area contributed by atoms with Crippen LogP contribution < -0.4 is 10.1 Å². The van der Waals surface area contributed by atoms with Crippen LogP contribution in [-0.4, -0.2) is 23.6 Å². The van der Waals surface area contributed by atoms with Crippen LogP contribution in [0.15, 0.2) is 36.7 Å². The Kier molecular flexibility index (Phi) is 4.98. The molecule has 2 aromatic rings. The van der Waals surface area contributed by atoms with Crippen molar-refractivity contribution in [2.75, 3.05) is 13.7 Å². The van der Waals surface area contributed by atoms with E-state index < -0.39 is 0 Å². The third-order valence-electron chi connectivity index (χ3n) is 3.11. The molecule has 1 unspecified atom stereocenters. The van der Waals surface area contributed by atoms with Crippen molar-refractivity contribution in [2.24, 2.45) is 0 Å².